The van der Waals surface area contributed by atoms with Gasteiger partial charge in [0.15, 0.2) is 0 Å². The van der Waals surface area contributed by atoms with E-state index in [1.807, 2.05) is 13.8 Å². The SMILES string of the molecule is CC1C(=O)NCCN1S(=O)C(C)C. The first-order valence-electron chi connectivity index (χ1n) is 4.49. The number of piperazine rings is 1. The van der Waals surface area contributed by atoms with Crippen LogP contribution in [0.25, 0.3) is 0 Å². The highest BCUT2D eigenvalue weighted by atomic mass is 32.2. The summed E-state index contributed by atoms with van der Waals surface area (Å²) < 4.78 is 13.5. The summed E-state index contributed by atoms with van der Waals surface area (Å²) in [6.07, 6.45) is 0. The van der Waals surface area contributed by atoms with Gasteiger partial charge in [-0.25, -0.2) is 8.51 Å². The highest BCUT2D eigenvalue weighted by Gasteiger charge is 2.30. The average molecular weight is 204 g/mol. The fourth-order valence-corrected chi connectivity index (χ4v) is 2.50. The second kappa shape index (κ2) is 4.19. The molecule has 13 heavy (non-hydrogen) atoms. The molecule has 1 aliphatic rings. The van der Waals surface area contributed by atoms with Gasteiger partial charge in [0.25, 0.3) is 0 Å². The van der Waals surface area contributed by atoms with Crippen LogP contribution in [0.2, 0.25) is 0 Å². The Balaban J connectivity index is 2.68. The van der Waals surface area contributed by atoms with Gasteiger partial charge in [0.05, 0.1) is 17.0 Å². The first kappa shape index (κ1) is 10.7. The maximum atomic E-state index is 11.7. The minimum Gasteiger partial charge on any atom is -0.353 e. The predicted molar refractivity (Wildman–Crippen MR) is 52.5 cm³/mol. The summed E-state index contributed by atoms with van der Waals surface area (Å²) in [5.74, 6) is -0.0275. The predicted octanol–water partition coefficient (Wildman–Crippen LogP) is -0.121. The molecule has 0 radical (unpaired) electrons. The van der Waals surface area contributed by atoms with Gasteiger partial charge in [-0.15, -0.1) is 0 Å². The van der Waals surface area contributed by atoms with Gasteiger partial charge in [-0.1, -0.05) is 0 Å². The van der Waals surface area contributed by atoms with Gasteiger partial charge >= 0.3 is 0 Å². The van der Waals surface area contributed by atoms with Crippen LogP contribution in [0.3, 0.4) is 0 Å². The number of carbonyl (C=O) groups is 1. The highest BCUT2D eigenvalue weighted by Crippen LogP contribution is 2.10. The van der Waals surface area contributed by atoms with E-state index in [2.05, 4.69) is 5.32 Å². The number of nitrogens with zero attached hydrogens (tertiary/aromatic N) is 1. The first-order valence-corrected chi connectivity index (χ1v) is 5.66. The Morgan fingerprint density at radius 2 is 2.23 bits per heavy atom. The van der Waals surface area contributed by atoms with Crippen molar-refractivity contribution in [2.75, 3.05) is 13.1 Å². The standard InChI is InChI=1S/C8H16N2O2S/c1-6(2)13(12)10-5-4-9-8(11)7(10)3/h6-7H,4-5H2,1-3H3,(H,9,11). The van der Waals surface area contributed by atoms with E-state index in [1.54, 1.807) is 11.2 Å². The number of carbonyl (C=O) groups excluding carboxylic acids is 1. The fourth-order valence-electron chi connectivity index (χ4n) is 1.28. The van der Waals surface area contributed by atoms with E-state index < -0.39 is 11.0 Å². The Bertz CT molecular complexity index is 230. The minimum atomic E-state index is -1.04. The quantitative estimate of drug-likeness (QED) is 0.681. The lowest BCUT2D eigenvalue weighted by molar-refractivity contribution is -0.126. The molecule has 1 fully saturated rings. The van der Waals surface area contributed by atoms with E-state index in [-0.39, 0.29) is 17.2 Å². The van der Waals surface area contributed by atoms with Crippen molar-refractivity contribution in [1.29, 1.82) is 0 Å². The molecule has 0 bridgehead atoms. The zero-order valence-electron chi connectivity index (χ0n) is 8.24. The number of nitrogens with one attached hydrogen (secondary N) is 1. The summed E-state index contributed by atoms with van der Waals surface area (Å²) in [6, 6.07) is -0.267. The molecule has 1 amide bonds. The topological polar surface area (TPSA) is 49.4 Å². The zero-order chi connectivity index (χ0) is 10.0. The molecule has 0 saturated carbocycles. The maximum Gasteiger partial charge on any atom is 0.238 e. The molecule has 0 aliphatic carbocycles. The van der Waals surface area contributed by atoms with Crippen LogP contribution in [0.1, 0.15) is 20.8 Å². The van der Waals surface area contributed by atoms with Crippen molar-refractivity contribution >= 4 is 16.9 Å². The Hall–Kier alpha value is -0.420. The molecule has 1 aliphatic heterocycles. The summed E-state index contributed by atoms with van der Waals surface area (Å²) in [7, 11) is -1.04. The summed E-state index contributed by atoms with van der Waals surface area (Å²) in [5, 5.41) is 2.82. The normalized spacial score (nSPS) is 27.4. The number of hydrogen-bond donors (Lipinski definition) is 1. The van der Waals surface area contributed by atoms with Gasteiger partial charge in [-0.05, 0) is 20.8 Å². The second-order valence-electron chi connectivity index (χ2n) is 3.43. The van der Waals surface area contributed by atoms with Crippen molar-refractivity contribution in [1.82, 2.24) is 9.62 Å². The van der Waals surface area contributed by atoms with E-state index in [9.17, 15) is 9.00 Å². The molecule has 2 atom stereocenters. The fraction of sp³-hybridized carbons (Fsp3) is 0.875. The molecule has 1 rings (SSSR count). The van der Waals surface area contributed by atoms with Gasteiger partial charge in [0.2, 0.25) is 5.91 Å². The molecule has 0 aromatic rings. The third kappa shape index (κ3) is 2.28. The highest BCUT2D eigenvalue weighted by molar-refractivity contribution is 7.83. The molecule has 1 N–H and O–H groups in total. The van der Waals surface area contributed by atoms with Crippen molar-refractivity contribution in [3.63, 3.8) is 0 Å². The number of hydrogen-bond acceptors (Lipinski definition) is 2. The van der Waals surface area contributed by atoms with Crippen LogP contribution in [0.15, 0.2) is 0 Å². The molecule has 1 saturated heterocycles. The van der Waals surface area contributed by atoms with Gasteiger partial charge in [0.1, 0.15) is 0 Å². The molecule has 1 heterocycles. The van der Waals surface area contributed by atoms with Crippen LogP contribution in [0.4, 0.5) is 0 Å². The van der Waals surface area contributed by atoms with E-state index >= 15 is 0 Å². The third-order valence-electron chi connectivity index (χ3n) is 2.08. The van der Waals surface area contributed by atoms with Crippen molar-refractivity contribution in [3.8, 4) is 0 Å². The molecule has 2 unspecified atom stereocenters. The Labute approximate surface area is 81.3 Å². The van der Waals surface area contributed by atoms with Crippen molar-refractivity contribution in [3.05, 3.63) is 0 Å². The Kier molecular flexibility index (Phi) is 3.44. The maximum absolute atomic E-state index is 11.7. The van der Waals surface area contributed by atoms with E-state index in [4.69, 9.17) is 0 Å². The summed E-state index contributed by atoms with van der Waals surface area (Å²) >= 11 is 0. The summed E-state index contributed by atoms with van der Waals surface area (Å²) in [5.41, 5.74) is 0. The average Bonchev–Trinajstić information content (AvgIpc) is 2.08. The lowest BCUT2D eigenvalue weighted by Gasteiger charge is -2.32. The van der Waals surface area contributed by atoms with Crippen LogP contribution in [-0.4, -0.2) is 38.8 Å². The van der Waals surface area contributed by atoms with E-state index in [0.717, 1.165) is 0 Å². The molecule has 76 valence electrons. The van der Waals surface area contributed by atoms with Gasteiger partial charge in [0, 0.05) is 18.3 Å². The van der Waals surface area contributed by atoms with Crippen molar-refractivity contribution in [2.24, 2.45) is 0 Å². The van der Waals surface area contributed by atoms with Crippen molar-refractivity contribution in [2.45, 2.75) is 32.1 Å². The van der Waals surface area contributed by atoms with Crippen molar-refractivity contribution < 1.29 is 9.00 Å². The molecule has 0 spiro atoms. The number of rotatable bonds is 2. The van der Waals surface area contributed by atoms with Gasteiger partial charge in [-0.3, -0.25) is 4.79 Å². The van der Waals surface area contributed by atoms with Crippen LogP contribution in [0.5, 0.6) is 0 Å². The summed E-state index contributed by atoms with van der Waals surface area (Å²) in [6.45, 7) is 6.86. The molecule has 0 aromatic heterocycles. The smallest absolute Gasteiger partial charge is 0.238 e. The summed E-state index contributed by atoms with van der Waals surface area (Å²) in [4.78, 5) is 11.2. The lowest BCUT2D eigenvalue weighted by Crippen LogP contribution is -2.55. The van der Waals surface area contributed by atoms with E-state index in [0.29, 0.717) is 13.1 Å². The minimum absolute atomic E-state index is 0.0275. The second-order valence-corrected chi connectivity index (χ2v) is 5.40. The van der Waals surface area contributed by atoms with Crippen LogP contribution in [-0.2, 0) is 15.8 Å². The largest absolute Gasteiger partial charge is 0.353 e. The zero-order valence-corrected chi connectivity index (χ0v) is 9.06. The molecule has 0 aromatic carbocycles. The molecule has 4 nitrogen and oxygen atoms in total. The van der Waals surface area contributed by atoms with Crippen LogP contribution in [0, 0.1) is 0 Å². The molecular weight excluding hydrogens is 188 g/mol. The molecule has 5 heteroatoms. The Morgan fingerprint density at radius 1 is 1.62 bits per heavy atom. The first-order chi connectivity index (χ1) is 6.04. The Morgan fingerprint density at radius 3 is 2.77 bits per heavy atom. The third-order valence-corrected chi connectivity index (χ3v) is 3.84. The van der Waals surface area contributed by atoms with Crippen LogP contribution < -0.4 is 5.32 Å². The van der Waals surface area contributed by atoms with E-state index in [1.165, 1.54) is 0 Å². The monoisotopic (exact) mass is 204 g/mol. The van der Waals surface area contributed by atoms with Gasteiger partial charge < -0.3 is 5.32 Å². The van der Waals surface area contributed by atoms with Crippen LogP contribution >= 0.6 is 0 Å². The number of amides is 1. The molecular formula is C8H16N2O2S. The lowest BCUT2D eigenvalue weighted by atomic mass is 10.2. The van der Waals surface area contributed by atoms with Gasteiger partial charge in [-0.2, -0.15) is 0 Å².